The van der Waals surface area contributed by atoms with Gasteiger partial charge < -0.3 is 20.7 Å². The van der Waals surface area contributed by atoms with Gasteiger partial charge in [-0.2, -0.15) is 4.98 Å². The molecular weight excluding hydrogens is 314 g/mol. The van der Waals surface area contributed by atoms with E-state index in [9.17, 15) is 0 Å². The third-order valence-corrected chi connectivity index (χ3v) is 4.58. The Bertz CT molecular complexity index is 713. The lowest BCUT2D eigenvalue weighted by molar-refractivity contribution is 0.345. The summed E-state index contributed by atoms with van der Waals surface area (Å²) in [7, 11) is 5.62. The summed E-state index contributed by atoms with van der Waals surface area (Å²) in [5.74, 6) is 2.95. The van der Waals surface area contributed by atoms with Crippen LogP contribution in [0, 0.1) is 0 Å². The SMILES string of the molecule is COc1cccc(CCNc2cc(C3CC(N)C3)nc(N(C)C)n2)c1. The van der Waals surface area contributed by atoms with Crippen LogP contribution >= 0.6 is 0 Å². The van der Waals surface area contributed by atoms with Gasteiger partial charge in [0, 0.05) is 38.7 Å². The topological polar surface area (TPSA) is 76.3 Å². The van der Waals surface area contributed by atoms with Crippen molar-refractivity contribution in [1.29, 1.82) is 0 Å². The number of nitrogens with zero attached hydrogens (tertiary/aromatic N) is 3. The van der Waals surface area contributed by atoms with Gasteiger partial charge in [-0.25, -0.2) is 4.98 Å². The van der Waals surface area contributed by atoms with Gasteiger partial charge in [0.1, 0.15) is 11.6 Å². The molecule has 25 heavy (non-hydrogen) atoms. The summed E-state index contributed by atoms with van der Waals surface area (Å²) in [5, 5.41) is 3.43. The van der Waals surface area contributed by atoms with Gasteiger partial charge >= 0.3 is 0 Å². The minimum absolute atomic E-state index is 0.312. The number of nitrogens with two attached hydrogens (primary N) is 1. The van der Waals surface area contributed by atoms with Gasteiger partial charge in [0.15, 0.2) is 0 Å². The molecule has 0 aliphatic heterocycles. The first-order chi connectivity index (χ1) is 12.0. The van der Waals surface area contributed by atoms with Crippen molar-refractivity contribution in [2.24, 2.45) is 5.73 Å². The Morgan fingerprint density at radius 2 is 2.04 bits per heavy atom. The first-order valence-corrected chi connectivity index (χ1v) is 8.74. The lowest BCUT2D eigenvalue weighted by Crippen LogP contribution is -2.35. The number of methoxy groups -OCH3 is 1. The van der Waals surface area contributed by atoms with Crippen LogP contribution in [0.15, 0.2) is 30.3 Å². The van der Waals surface area contributed by atoms with Crippen molar-refractivity contribution in [3.8, 4) is 5.75 Å². The predicted octanol–water partition coefficient (Wildman–Crippen LogP) is 2.41. The molecule has 6 heteroatoms. The Balaban J connectivity index is 1.66. The third kappa shape index (κ3) is 4.39. The molecule has 1 aliphatic rings. The van der Waals surface area contributed by atoms with Crippen LogP contribution in [0.3, 0.4) is 0 Å². The van der Waals surface area contributed by atoms with E-state index in [1.807, 2.05) is 31.1 Å². The second-order valence-corrected chi connectivity index (χ2v) is 6.83. The van der Waals surface area contributed by atoms with Crippen molar-refractivity contribution in [2.45, 2.75) is 31.2 Å². The molecule has 6 nitrogen and oxygen atoms in total. The highest BCUT2D eigenvalue weighted by atomic mass is 16.5. The largest absolute Gasteiger partial charge is 0.497 e. The molecule has 3 N–H and O–H groups in total. The fraction of sp³-hybridized carbons (Fsp3) is 0.474. The Labute approximate surface area is 149 Å². The van der Waals surface area contributed by atoms with Gasteiger partial charge in [-0.05, 0) is 37.0 Å². The highest BCUT2D eigenvalue weighted by Crippen LogP contribution is 2.35. The van der Waals surface area contributed by atoms with Crippen LogP contribution in [0.5, 0.6) is 5.75 Å². The molecule has 134 valence electrons. The molecule has 1 aromatic carbocycles. The van der Waals surface area contributed by atoms with Gasteiger partial charge in [0.25, 0.3) is 0 Å². The van der Waals surface area contributed by atoms with E-state index in [2.05, 4.69) is 33.5 Å². The van der Waals surface area contributed by atoms with Crippen LogP contribution in [0.1, 0.15) is 30.0 Å². The summed E-state index contributed by atoms with van der Waals surface area (Å²) >= 11 is 0. The normalized spacial score (nSPS) is 19.2. The number of ether oxygens (including phenoxy) is 1. The number of benzene rings is 1. The molecule has 1 heterocycles. The smallest absolute Gasteiger partial charge is 0.227 e. The molecule has 0 atom stereocenters. The molecule has 0 saturated heterocycles. The number of hydrogen-bond acceptors (Lipinski definition) is 6. The van der Waals surface area contributed by atoms with Crippen LogP contribution in [0.4, 0.5) is 11.8 Å². The molecule has 0 spiro atoms. The molecule has 0 amide bonds. The summed E-state index contributed by atoms with van der Waals surface area (Å²) < 4.78 is 5.27. The quantitative estimate of drug-likeness (QED) is 0.805. The fourth-order valence-corrected chi connectivity index (χ4v) is 3.02. The first-order valence-electron chi connectivity index (χ1n) is 8.74. The van der Waals surface area contributed by atoms with E-state index in [1.54, 1.807) is 7.11 Å². The minimum atomic E-state index is 0.312. The molecule has 1 aromatic heterocycles. The minimum Gasteiger partial charge on any atom is -0.497 e. The van der Waals surface area contributed by atoms with Crippen LogP contribution in [-0.4, -0.2) is 43.8 Å². The molecule has 0 bridgehead atoms. The maximum atomic E-state index is 5.93. The van der Waals surface area contributed by atoms with Crippen molar-refractivity contribution < 1.29 is 4.74 Å². The van der Waals surface area contributed by atoms with Crippen molar-refractivity contribution in [1.82, 2.24) is 9.97 Å². The predicted molar refractivity (Wildman–Crippen MR) is 101 cm³/mol. The lowest BCUT2D eigenvalue weighted by atomic mass is 9.78. The van der Waals surface area contributed by atoms with E-state index < -0.39 is 0 Å². The van der Waals surface area contributed by atoms with Crippen LogP contribution in [-0.2, 0) is 6.42 Å². The van der Waals surface area contributed by atoms with Gasteiger partial charge in [-0.1, -0.05) is 12.1 Å². The summed E-state index contributed by atoms with van der Waals surface area (Å²) in [4.78, 5) is 11.2. The summed E-state index contributed by atoms with van der Waals surface area (Å²) in [5.41, 5.74) is 8.25. The van der Waals surface area contributed by atoms with Crippen LogP contribution < -0.4 is 20.7 Å². The average molecular weight is 341 g/mol. The molecule has 2 aromatic rings. The Morgan fingerprint density at radius 3 is 2.72 bits per heavy atom. The monoisotopic (exact) mass is 341 g/mol. The standard InChI is InChI=1S/C19H27N5O/c1-24(2)19-22-17(14-10-15(20)11-14)12-18(23-19)21-8-7-13-5-4-6-16(9-13)25-3/h4-6,9,12,14-15H,7-8,10-11,20H2,1-3H3,(H,21,22,23). The third-order valence-electron chi connectivity index (χ3n) is 4.58. The molecule has 0 radical (unpaired) electrons. The number of aromatic nitrogens is 2. The van der Waals surface area contributed by atoms with Gasteiger partial charge in [0.05, 0.1) is 12.8 Å². The van der Waals surface area contributed by atoms with E-state index >= 15 is 0 Å². The van der Waals surface area contributed by atoms with E-state index in [0.717, 1.165) is 49.0 Å². The molecule has 1 fully saturated rings. The molecule has 1 aliphatic carbocycles. The molecule has 1 saturated carbocycles. The second-order valence-electron chi connectivity index (χ2n) is 6.83. The fourth-order valence-electron chi connectivity index (χ4n) is 3.02. The molecular formula is C19H27N5O. The van der Waals surface area contributed by atoms with Gasteiger partial charge in [-0.15, -0.1) is 0 Å². The van der Waals surface area contributed by atoms with Crippen molar-refractivity contribution in [3.05, 3.63) is 41.6 Å². The highest BCUT2D eigenvalue weighted by Gasteiger charge is 2.29. The molecule has 0 unspecified atom stereocenters. The molecule has 3 rings (SSSR count). The summed E-state index contributed by atoms with van der Waals surface area (Å²) in [6.45, 7) is 0.806. The average Bonchev–Trinajstić information content (AvgIpc) is 2.59. The number of anilines is 2. The zero-order valence-corrected chi connectivity index (χ0v) is 15.2. The zero-order valence-electron chi connectivity index (χ0n) is 15.2. The van der Waals surface area contributed by atoms with Gasteiger partial charge in [-0.3, -0.25) is 0 Å². The lowest BCUT2D eigenvalue weighted by Gasteiger charge is -2.32. The highest BCUT2D eigenvalue weighted by molar-refractivity contribution is 5.44. The van der Waals surface area contributed by atoms with E-state index in [1.165, 1.54) is 5.56 Å². The van der Waals surface area contributed by atoms with Crippen LogP contribution in [0.25, 0.3) is 0 Å². The number of rotatable bonds is 7. The van der Waals surface area contributed by atoms with Crippen molar-refractivity contribution in [3.63, 3.8) is 0 Å². The number of hydrogen-bond donors (Lipinski definition) is 2. The Morgan fingerprint density at radius 1 is 1.24 bits per heavy atom. The Hall–Kier alpha value is -2.34. The van der Waals surface area contributed by atoms with Crippen LogP contribution in [0.2, 0.25) is 0 Å². The summed E-state index contributed by atoms with van der Waals surface area (Å²) in [6, 6.07) is 10.5. The maximum absolute atomic E-state index is 5.93. The van der Waals surface area contributed by atoms with Crippen molar-refractivity contribution in [2.75, 3.05) is 38.0 Å². The number of nitrogens with one attached hydrogen (secondary N) is 1. The second kappa shape index (κ2) is 7.70. The first kappa shape index (κ1) is 17.5. The Kier molecular flexibility index (Phi) is 5.38. The van der Waals surface area contributed by atoms with E-state index in [0.29, 0.717) is 12.0 Å². The zero-order chi connectivity index (χ0) is 17.8. The van der Waals surface area contributed by atoms with Crippen molar-refractivity contribution >= 4 is 11.8 Å². The van der Waals surface area contributed by atoms with Gasteiger partial charge in [0.2, 0.25) is 5.95 Å². The maximum Gasteiger partial charge on any atom is 0.227 e. The van der Waals surface area contributed by atoms with E-state index in [-0.39, 0.29) is 0 Å². The van der Waals surface area contributed by atoms with E-state index in [4.69, 9.17) is 10.5 Å². The summed E-state index contributed by atoms with van der Waals surface area (Å²) in [6.07, 6.45) is 2.92.